The molecule has 2 heterocycles. The van der Waals surface area contributed by atoms with E-state index in [0.717, 1.165) is 22.3 Å². The number of rotatable bonds is 6. The molecular weight excluding hydrogens is 483 g/mol. The highest BCUT2D eigenvalue weighted by Crippen LogP contribution is 2.48. The number of benzene rings is 2. The van der Waals surface area contributed by atoms with Gasteiger partial charge in [-0.3, -0.25) is 14.7 Å². The van der Waals surface area contributed by atoms with Crippen LogP contribution in [0, 0.1) is 0 Å². The van der Waals surface area contributed by atoms with E-state index in [-0.39, 0.29) is 18.6 Å². The number of hydrogen-bond donors (Lipinski definition) is 1. The van der Waals surface area contributed by atoms with E-state index in [0.29, 0.717) is 40.6 Å². The van der Waals surface area contributed by atoms with Crippen molar-refractivity contribution in [2.45, 2.75) is 50.7 Å². The lowest BCUT2D eigenvalue weighted by molar-refractivity contribution is -0.147. The molecule has 0 saturated heterocycles. The standard InChI is InChI=1S/C28H26Cl2N2O3/c1-17(2)18-3-12-26-25(13-18)27(34)32(16-22-9-8-21(30)15-31-22)28(26,19-4-6-20(29)7-5-19)35-24-11-10-23(33)14-24/h3-9,12-13,15,23-24,33H,1,10-11,14,16H2,2H3/t23-,24-,28?/m0/s1. The molecule has 0 bridgehead atoms. The van der Waals surface area contributed by atoms with Crippen molar-refractivity contribution in [3.63, 3.8) is 0 Å². The van der Waals surface area contributed by atoms with Gasteiger partial charge in [0.05, 0.1) is 29.5 Å². The van der Waals surface area contributed by atoms with Crippen LogP contribution < -0.4 is 0 Å². The molecule has 1 fully saturated rings. The van der Waals surface area contributed by atoms with Crippen LogP contribution in [0.25, 0.3) is 5.57 Å². The maximum absolute atomic E-state index is 14.0. The predicted octanol–water partition coefficient (Wildman–Crippen LogP) is 6.21. The molecule has 1 aromatic heterocycles. The molecule has 0 spiro atoms. The van der Waals surface area contributed by atoms with Crippen molar-refractivity contribution in [3.05, 3.63) is 105 Å². The number of fused-ring (bicyclic) bond motifs is 1. The molecule has 180 valence electrons. The van der Waals surface area contributed by atoms with Crippen molar-refractivity contribution < 1.29 is 14.6 Å². The molecule has 1 saturated carbocycles. The van der Waals surface area contributed by atoms with Gasteiger partial charge in [-0.1, -0.05) is 59.6 Å². The molecule has 3 atom stereocenters. The Balaban J connectivity index is 1.71. The number of aliphatic hydroxyl groups excluding tert-OH is 1. The molecule has 0 radical (unpaired) electrons. The van der Waals surface area contributed by atoms with Crippen molar-refractivity contribution in [2.24, 2.45) is 0 Å². The third kappa shape index (κ3) is 4.38. The number of amides is 1. The minimum atomic E-state index is -1.21. The number of ether oxygens (including phenoxy) is 1. The number of aliphatic hydroxyl groups is 1. The fourth-order valence-corrected chi connectivity index (χ4v) is 5.25. The van der Waals surface area contributed by atoms with Crippen LogP contribution in [-0.2, 0) is 17.0 Å². The summed E-state index contributed by atoms with van der Waals surface area (Å²) in [5.74, 6) is -0.159. The molecular formula is C28H26Cl2N2O3. The van der Waals surface area contributed by atoms with Gasteiger partial charge in [0.1, 0.15) is 0 Å². The van der Waals surface area contributed by atoms with Gasteiger partial charge in [0.15, 0.2) is 5.72 Å². The summed E-state index contributed by atoms with van der Waals surface area (Å²) in [6, 6.07) is 16.8. The van der Waals surface area contributed by atoms with Gasteiger partial charge in [0, 0.05) is 27.9 Å². The van der Waals surface area contributed by atoms with Crippen LogP contribution in [0.15, 0.2) is 67.4 Å². The first-order valence-electron chi connectivity index (χ1n) is 11.6. The average molecular weight is 509 g/mol. The smallest absolute Gasteiger partial charge is 0.257 e. The highest BCUT2D eigenvalue weighted by atomic mass is 35.5. The fraction of sp³-hybridized carbons (Fsp3) is 0.286. The summed E-state index contributed by atoms with van der Waals surface area (Å²) in [4.78, 5) is 20.2. The van der Waals surface area contributed by atoms with Crippen molar-refractivity contribution in [1.82, 2.24) is 9.88 Å². The number of nitrogens with zero attached hydrogens (tertiary/aromatic N) is 2. The van der Waals surface area contributed by atoms with Gasteiger partial charge in [-0.2, -0.15) is 0 Å². The van der Waals surface area contributed by atoms with E-state index < -0.39 is 11.8 Å². The number of allylic oxidation sites excluding steroid dienone is 1. The Morgan fingerprint density at radius 2 is 1.89 bits per heavy atom. The number of aromatic nitrogens is 1. The summed E-state index contributed by atoms with van der Waals surface area (Å²) in [7, 11) is 0. The highest BCUT2D eigenvalue weighted by Gasteiger charge is 2.54. The number of pyridine rings is 1. The zero-order valence-corrected chi connectivity index (χ0v) is 20.9. The zero-order chi connectivity index (χ0) is 24.7. The number of carbonyl (C=O) groups is 1. The third-order valence-corrected chi connectivity index (χ3v) is 7.25. The lowest BCUT2D eigenvalue weighted by Crippen LogP contribution is -2.48. The Hall–Kier alpha value is -2.70. The summed E-state index contributed by atoms with van der Waals surface area (Å²) in [6.07, 6.45) is 2.81. The second-order valence-corrected chi connectivity index (χ2v) is 10.1. The van der Waals surface area contributed by atoms with E-state index in [1.807, 2.05) is 43.3 Å². The largest absolute Gasteiger partial charge is 0.393 e. The second-order valence-electron chi connectivity index (χ2n) is 9.26. The fourth-order valence-electron chi connectivity index (χ4n) is 5.01. The van der Waals surface area contributed by atoms with Gasteiger partial charge < -0.3 is 9.84 Å². The first-order chi connectivity index (χ1) is 16.8. The Labute approximate surface area is 215 Å². The van der Waals surface area contributed by atoms with Crippen LogP contribution in [-0.4, -0.2) is 33.1 Å². The lowest BCUT2D eigenvalue weighted by atomic mass is 9.91. The third-order valence-electron chi connectivity index (χ3n) is 6.77. The summed E-state index contributed by atoms with van der Waals surface area (Å²) < 4.78 is 6.89. The van der Waals surface area contributed by atoms with Gasteiger partial charge in [0.2, 0.25) is 0 Å². The van der Waals surface area contributed by atoms with E-state index in [1.54, 1.807) is 29.3 Å². The number of halogens is 2. The molecule has 1 aliphatic heterocycles. The van der Waals surface area contributed by atoms with Crippen LogP contribution in [0.2, 0.25) is 10.0 Å². The van der Waals surface area contributed by atoms with Gasteiger partial charge in [-0.25, -0.2) is 0 Å². The van der Waals surface area contributed by atoms with E-state index in [4.69, 9.17) is 27.9 Å². The van der Waals surface area contributed by atoms with Crippen molar-refractivity contribution in [3.8, 4) is 0 Å². The second kappa shape index (κ2) is 9.40. The van der Waals surface area contributed by atoms with Gasteiger partial charge in [-0.05, 0) is 62.1 Å². The van der Waals surface area contributed by atoms with Crippen LogP contribution in [0.1, 0.15) is 58.9 Å². The Morgan fingerprint density at radius 1 is 1.14 bits per heavy atom. The molecule has 35 heavy (non-hydrogen) atoms. The minimum Gasteiger partial charge on any atom is -0.393 e. The first-order valence-corrected chi connectivity index (χ1v) is 12.4. The van der Waals surface area contributed by atoms with E-state index in [1.165, 1.54) is 0 Å². The number of hydrogen-bond acceptors (Lipinski definition) is 4. The Kier molecular flexibility index (Phi) is 6.45. The van der Waals surface area contributed by atoms with Crippen molar-refractivity contribution in [1.29, 1.82) is 0 Å². The average Bonchev–Trinajstić information content (AvgIpc) is 3.35. The maximum Gasteiger partial charge on any atom is 0.257 e. The molecule has 2 aliphatic rings. The van der Waals surface area contributed by atoms with Crippen molar-refractivity contribution >= 4 is 34.7 Å². The topological polar surface area (TPSA) is 62.7 Å². The van der Waals surface area contributed by atoms with E-state index in [2.05, 4.69) is 11.6 Å². The molecule has 1 amide bonds. The molecule has 3 aromatic rings. The molecule has 1 unspecified atom stereocenters. The Bertz CT molecular complexity index is 1280. The van der Waals surface area contributed by atoms with E-state index in [9.17, 15) is 9.90 Å². The zero-order valence-electron chi connectivity index (χ0n) is 19.4. The first kappa shape index (κ1) is 24.0. The summed E-state index contributed by atoms with van der Waals surface area (Å²) in [6.45, 7) is 6.17. The van der Waals surface area contributed by atoms with E-state index >= 15 is 0 Å². The summed E-state index contributed by atoms with van der Waals surface area (Å²) in [5, 5.41) is 11.3. The predicted molar refractivity (Wildman–Crippen MR) is 137 cm³/mol. The van der Waals surface area contributed by atoms with Gasteiger partial charge in [-0.15, -0.1) is 0 Å². The molecule has 5 nitrogen and oxygen atoms in total. The normalized spacial score (nSPS) is 23.5. The lowest BCUT2D eigenvalue weighted by Gasteiger charge is -2.41. The molecule has 2 aromatic carbocycles. The van der Waals surface area contributed by atoms with Gasteiger partial charge >= 0.3 is 0 Å². The molecule has 5 rings (SSSR count). The van der Waals surface area contributed by atoms with Gasteiger partial charge in [0.25, 0.3) is 5.91 Å². The highest BCUT2D eigenvalue weighted by molar-refractivity contribution is 6.30. The monoisotopic (exact) mass is 508 g/mol. The quantitative estimate of drug-likeness (QED) is 0.429. The summed E-state index contributed by atoms with van der Waals surface area (Å²) >= 11 is 12.3. The number of carbonyl (C=O) groups excluding carboxylic acids is 1. The van der Waals surface area contributed by atoms with Crippen LogP contribution in [0.4, 0.5) is 0 Å². The Morgan fingerprint density at radius 3 is 2.51 bits per heavy atom. The van der Waals surface area contributed by atoms with Crippen LogP contribution >= 0.6 is 23.2 Å². The molecule has 7 heteroatoms. The molecule has 1 aliphatic carbocycles. The SMILES string of the molecule is C=C(C)c1ccc2c(c1)C(=O)N(Cc1ccc(Cl)cn1)C2(O[C@H]1CC[C@H](O)C1)c1ccc(Cl)cc1. The van der Waals surface area contributed by atoms with Crippen molar-refractivity contribution in [2.75, 3.05) is 0 Å². The van der Waals surface area contributed by atoms with Crippen LogP contribution in [0.5, 0.6) is 0 Å². The molecule has 1 N–H and O–H groups in total. The maximum atomic E-state index is 14.0. The summed E-state index contributed by atoms with van der Waals surface area (Å²) in [5.41, 5.74) is 3.34. The van der Waals surface area contributed by atoms with Crippen LogP contribution in [0.3, 0.4) is 0 Å². The minimum absolute atomic E-state index is 0.159.